The summed E-state index contributed by atoms with van der Waals surface area (Å²) < 4.78 is 6.71. The lowest BCUT2D eigenvalue weighted by Crippen LogP contribution is -1.98. The number of aliphatic hydroxyl groups excluding tert-OH is 2. The molecule has 0 aliphatic carbocycles. The van der Waals surface area contributed by atoms with E-state index in [1.807, 2.05) is 6.07 Å². The Morgan fingerprint density at radius 3 is 2.71 bits per heavy atom. The minimum Gasteiger partial charge on any atom is -0.455 e. The highest BCUT2D eigenvalue weighted by Gasteiger charge is 2.13. The number of rotatable bonds is 4. The Balaban J connectivity index is 1.98. The monoisotopic (exact) mass is 321 g/mol. The molecule has 0 saturated carbocycles. The first kappa shape index (κ1) is 14.3. The van der Waals surface area contributed by atoms with Crippen LogP contribution in [-0.4, -0.2) is 21.8 Å². The van der Waals surface area contributed by atoms with Crippen molar-refractivity contribution in [1.29, 1.82) is 0 Å². The maximum Gasteiger partial charge on any atom is 0.154 e. The molecule has 2 N–H and O–H groups in total. The minimum atomic E-state index is -0.884. The van der Waals surface area contributed by atoms with Crippen LogP contribution in [0.15, 0.2) is 42.7 Å². The van der Waals surface area contributed by atoms with Crippen molar-refractivity contribution in [2.45, 2.75) is 6.10 Å². The zero-order chi connectivity index (χ0) is 14.8. The second kappa shape index (κ2) is 5.99. The van der Waals surface area contributed by atoms with Gasteiger partial charge in [-0.25, -0.2) is 0 Å². The molecule has 0 radical (unpaired) electrons. The average Bonchev–Trinajstić information content (AvgIpc) is 2.94. The third kappa shape index (κ3) is 3.01. The number of benzene rings is 1. The highest BCUT2D eigenvalue weighted by molar-refractivity contribution is 7.19. The molecule has 0 amide bonds. The van der Waals surface area contributed by atoms with E-state index in [1.54, 1.807) is 36.7 Å². The summed E-state index contributed by atoms with van der Waals surface area (Å²) in [5.74, 6) is 1.26. The zero-order valence-corrected chi connectivity index (χ0v) is 12.4. The van der Waals surface area contributed by atoms with Gasteiger partial charge in [-0.3, -0.25) is 4.98 Å². The number of pyridine rings is 1. The predicted octanol–water partition coefficient (Wildman–Crippen LogP) is 3.77. The van der Waals surface area contributed by atoms with Crippen LogP contribution in [0.2, 0.25) is 5.02 Å². The van der Waals surface area contributed by atoms with Gasteiger partial charge in [0, 0.05) is 21.5 Å². The van der Waals surface area contributed by atoms with E-state index >= 15 is 0 Å². The number of thiophene rings is 1. The second-order valence-corrected chi connectivity index (χ2v) is 6.00. The third-order valence-electron chi connectivity index (χ3n) is 2.97. The molecular weight excluding hydrogens is 310 g/mol. The first-order chi connectivity index (χ1) is 10.2. The van der Waals surface area contributed by atoms with Gasteiger partial charge in [0.2, 0.25) is 0 Å². The first-order valence-corrected chi connectivity index (χ1v) is 7.46. The second-order valence-electron chi connectivity index (χ2n) is 4.45. The molecule has 4 nitrogen and oxygen atoms in total. The molecule has 3 rings (SSSR count). The summed E-state index contributed by atoms with van der Waals surface area (Å²) >= 11 is 7.23. The van der Waals surface area contributed by atoms with Crippen LogP contribution in [0.1, 0.15) is 11.0 Å². The summed E-state index contributed by atoms with van der Waals surface area (Å²) in [7, 11) is 0. The molecular formula is C15H12ClNO3S. The van der Waals surface area contributed by atoms with Crippen LogP contribution < -0.4 is 4.74 Å². The summed E-state index contributed by atoms with van der Waals surface area (Å²) in [5.41, 5.74) is 0. The van der Waals surface area contributed by atoms with Gasteiger partial charge in [0.25, 0.3) is 0 Å². The standard InChI is InChI=1S/C15H12ClNO3S/c16-9-1-3-10(4-2-9)20-13-6-17-7-15-11(13)5-14(21-15)12(19)8-18/h1-7,12,18-19H,8H2. The number of ether oxygens (including phenoxy) is 1. The van der Waals surface area contributed by atoms with Gasteiger partial charge in [0.05, 0.1) is 17.5 Å². The molecule has 2 aromatic heterocycles. The number of halogens is 1. The van der Waals surface area contributed by atoms with Crippen LogP contribution in [0, 0.1) is 0 Å². The van der Waals surface area contributed by atoms with Gasteiger partial charge in [-0.05, 0) is 30.3 Å². The number of fused-ring (bicyclic) bond motifs is 1. The molecule has 1 atom stereocenters. The van der Waals surface area contributed by atoms with Crippen LogP contribution in [0.5, 0.6) is 11.5 Å². The van der Waals surface area contributed by atoms with Gasteiger partial charge in [-0.1, -0.05) is 11.6 Å². The summed E-state index contributed by atoms with van der Waals surface area (Å²) in [6, 6.07) is 8.86. The average molecular weight is 322 g/mol. The molecule has 0 bridgehead atoms. The Hall–Kier alpha value is -1.66. The molecule has 0 saturated heterocycles. The van der Waals surface area contributed by atoms with Crippen LogP contribution in [0.4, 0.5) is 0 Å². The lowest BCUT2D eigenvalue weighted by atomic mass is 10.2. The number of aromatic nitrogens is 1. The molecule has 0 aliphatic rings. The van der Waals surface area contributed by atoms with Gasteiger partial charge >= 0.3 is 0 Å². The highest BCUT2D eigenvalue weighted by atomic mass is 35.5. The summed E-state index contributed by atoms with van der Waals surface area (Å²) in [5, 5.41) is 20.3. The van der Waals surface area contributed by atoms with Crippen LogP contribution in [-0.2, 0) is 0 Å². The minimum absolute atomic E-state index is 0.312. The van der Waals surface area contributed by atoms with Gasteiger partial charge in [0.1, 0.15) is 11.9 Å². The zero-order valence-electron chi connectivity index (χ0n) is 10.9. The van der Waals surface area contributed by atoms with E-state index in [4.69, 9.17) is 21.4 Å². The summed E-state index contributed by atoms with van der Waals surface area (Å²) in [4.78, 5) is 4.82. The number of hydrogen-bond acceptors (Lipinski definition) is 5. The third-order valence-corrected chi connectivity index (χ3v) is 4.39. The van der Waals surface area contributed by atoms with Gasteiger partial charge < -0.3 is 14.9 Å². The number of aliphatic hydroxyl groups is 2. The van der Waals surface area contributed by atoms with Crippen LogP contribution >= 0.6 is 22.9 Å². The van der Waals surface area contributed by atoms with Crippen LogP contribution in [0.3, 0.4) is 0 Å². The predicted molar refractivity (Wildman–Crippen MR) is 83.2 cm³/mol. The van der Waals surface area contributed by atoms with Gasteiger partial charge in [-0.2, -0.15) is 0 Å². The molecule has 0 fully saturated rings. The molecule has 1 aromatic carbocycles. The van der Waals surface area contributed by atoms with Crippen molar-refractivity contribution in [3.05, 3.63) is 52.6 Å². The molecule has 2 heterocycles. The summed E-state index contributed by atoms with van der Waals surface area (Å²) in [6.45, 7) is -0.312. The number of nitrogens with zero attached hydrogens (tertiary/aromatic N) is 1. The SMILES string of the molecule is OCC(O)c1cc2c(Oc3ccc(Cl)cc3)cncc2s1. The van der Waals surface area contributed by atoms with Crippen molar-refractivity contribution in [2.24, 2.45) is 0 Å². The van der Waals surface area contributed by atoms with Gasteiger partial charge in [-0.15, -0.1) is 11.3 Å². The fourth-order valence-corrected chi connectivity index (χ4v) is 3.07. The van der Waals surface area contributed by atoms with E-state index in [9.17, 15) is 5.11 Å². The van der Waals surface area contributed by atoms with E-state index in [2.05, 4.69) is 4.98 Å². The van der Waals surface area contributed by atoms with E-state index in [1.165, 1.54) is 11.3 Å². The normalized spacial score (nSPS) is 12.5. The van der Waals surface area contributed by atoms with Crippen LogP contribution in [0.25, 0.3) is 10.1 Å². The molecule has 21 heavy (non-hydrogen) atoms. The molecule has 3 aromatic rings. The topological polar surface area (TPSA) is 62.6 Å². The molecule has 6 heteroatoms. The maximum absolute atomic E-state index is 9.73. The Bertz CT molecular complexity index is 757. The molecule has 1 unspecified atom stereocenters. The van der Waals surface area contributed by atoms with Gasteiger partial charge in [0.15, 0.2) is 5.75 Å². The summed E-state index contributed by atoms with van der Waals surface area (Å²) in [6.07, 6.45) is 2.45. The smallest absolute Gasteiger partial charge is 0.154 e. The van der Waals surface area contributed by atoms with Crippen molar-refractivity contribution in [2.75, 3.05) is 6.61 Å². The Labute approximate surface area is 130 Å². The Morgan fingerprint density at radius 2 is 2.00 bits per heavy atom. The lowest BCUT2D eigenvalue weighted by molar-refractivity contribution is 0.0984. The van der Waals surface area contributed by atoms with Crippen molar-refractivity contribution in [3.8, 4) is 11.5 Å². The van der Waals surface area contributed by atoms with Crippen molar-refractivity contribution >= 4 is 33.0 Å². The van der Waals surface area contributed by atoms with Crippen molar-refractivity contribution in [3.63, 3.8) is 0 Å². The van der Waals surface area contributed by atoms with Crippen molar-refractivity contribution < 1.29 is 14.9 Å². The van der Waals surface area contributed by atoms with E-state index < -0.39 is 6.10 Å². The quantitative estimate of drug-likeness (QED) is 0.768. The fourth-order valence-electron chi connectivity index (χ4n) is 1.92. The highest BCUT2D eigenvalue weighted by Crippen LogP contribution is 2.36. The Morgan fingerprint density at radius 1 is 1.24 bits per heavy atom. The molecule has 0 spiro atoms. The van der Waals surface area contributed by atoms with Crippen molar-refractivity contribution in [1.82, 2.24) is 4.98 Å². The van der Waals surface area contributed by atoms with E-state index in [0.717, 1.165) is 10.1 Å². The molecule has 0 aliphatic heterocycles. The largest absolute Gasteiger partial charge is 0.455 e. The molecule has 108 valence electrons. The maximum atomic E-state index is 9.73. The first-order valence-electron chi connectivity index (χ1n) is 6.27. The Kier molecular flexibility index (Phi) is 4.07. The fraction of sp³-hybridized carbons (Fsp3) is 0.133. The lowest BCUT2D eigenvalue weighted by Gasteiger charge is -2.06. The van der Waals surface area contributed by atoms with E-state index in [-0.39, 0.29) is 6.61 Å². The van der Waals surface area contributed by atoms with E-state index in [0.29, 0.717) is 21.4 Å². The number of hydrogen-bond donors (Lipinski definition) is 2.